The summed E-state index contributed by atoms with van der Waals surface area (Å²) in [5, 5.41) is 0.931. The summed E-state index contributed by atoms with van der Waals surface area (Å²) < 4.78 is 7.24. The molecule has 0 unspecified atom stereocenters. The van der Waals surface area contributed by atoms with Crippen LogP contribution in [0.15, 0.2) is 60.1 Å². The minimum absolute atomic E-state index is 0.539. The summed E-state index contributed by atoms with van der Waals surface area (Å²) in [5.74, 6) is 2.17. The Bertz CT molecular complexity index is 755. The van der Waals surface area contributed by atoms with E-state index in [9.17, 15) is 0 Å². The highest BCUT2D eigenvalue weighted by molar-refractivity contribution is 7.98. The fourth-order valence-corrected chi connectivity index (χ4v) is 2.98. The molecule has 0 aliphatic heterocycles. The minimum atomic E-state index is 0.539. The van der Waals surface area contributed by atoms with Gasteiger partial charge in [-0.2, -0.15) is 0 Å². The topological polar surface area (TPSA) is 66.0 Å². The number of hydrogen-bond acceptors (Lipinski definition) is 5. The number of ether oxygens (including phenoxy) is 1. The molecule has 2 aromatic heterocycles. The van der Waals surface area contributed by atoms with Gasteiger partial charge in [-0.15, -0.1) is 0 Å². The van der Waals surface area contributed by atoms with Crippen molar-refractivity contribution in [3.05, 3.63) is 60.6 Å². The predicted molar refractivity (Wildman–Crippen MR) is 88.3 cm³/mol. The molecule has 0 aliphatic rings. The molecule has 0 saturated carbocycles. The third kappa shape index (κ3) is 3.23. The molecule has 5 nitrogen and oxygen atoms in total. The summed E-state index contributed by atoms with van der Waals surface area (Å²) in [6, 6.07) is 11.7. The van der Waals surface area contributed by atoms with Crippen LogP contribution >= 0.6 is 11.8 Å². The van der Waals surface area contributed by atoms with Crippen molar-refractivity contribution in [2.75, 3.05) is 12.8 Å². The molecule has 0 bridgehead atoms. The van der Waals surface area contributed by atoms with Gasteiger partial charge in [0, 0.05) is 30.0 Å². The van der Waals surface area contributed by atoms with Gasteiger partial charge < -0.3 is 10.5 Å². The average Bonchev–Trinajstić information content (AvgIpc) is 3.01. The quantitative estimate of drug-likeness (QED) is 0.733. The van der Waals surface area contributed by atoms with Crippen molar-refractivity contribution >= 4 is 17.6 Å². The van der Waals surface area contributed by atoms with Crippen LogP contribution in [0.5, 0.6) is 5.75 Å². The Kier molecular flexibility index (Phi) is 4.29. The van der Waals surface area contributed by atoms with E-state index in [1.165, 1.54) is 0 Å². The largest absolute Gasteiger partial charge is 0.497 e. The first-order valence-electron chi connectivity index (χ1n) is 6.77. The highest BCUT2D eigenvalue weighted by Crippen LogP contribution is 2.25. The summed E-state index contributed by atoms with van der Waals surface area (Å²) in [6.45, 7) is 0. The molecule has 0 aliphatic carbocycles. The van der Waals surface area contributed by atoms with Crippen LogP contribution in [-0.2, 0) is 5.75 Å². The van der Waals surface area contributed by atoms with Gasteiger partial charge in [0.25, 0.3) is 0 Å². The molecule has 112 valence electrons. The van der Waals surface area contributed by atoms with Crippen molar-refractivity contribution < 1.29 is 4.74 Å². The van der Waals surface area contributed by atoms with Crippen LogP contribution in [-0.4, -0.2) is 21.6 Å². The molecule has 2 heterocycles. The number of pyridine rings is 1. The lowest BCUT2D eigenvalue weighted by atomic mass is 10.3. The van der Waals surface area contributed by atoms with Crippen molar-refractivity contribution in [1.82, 2.24) is 14.5 Å². The highest BCUT2D eigenvalue weighted by Gasteiger charge is 2.07. The molecule has 22 heavy (non-hydrogen) atoms. The lowest BCUT2D eigenvalue weighted by Crippen LogP contribution is -1.96. The maximum Gasteiger partial charge on any atom is 0.172 e. The fraction of sp³-hybridized carbons (Fsp3) is 0.125. The first-order chi connectivity index (χ1) is 10.8. The van der Waals surface area contributed by atoms with Gasteiger partial charge in [0.2, 0.25) is 0 Å². The second-order valence-corrected chi connectivity index (χ2v) is 5.60. The number of nitrogens with two attached hydrogens (primary N) is 1. The molecule has 0 spiro atoms. The normalized spacial score (nSPS) is 10.6. The van der Waals surface area contributed by atoms with Crippen molar-refractivity contribution in [2.24, 2.45) is 0 Å². The Labute approximate surface area is 133 Å². The molecule has 0 amide bonds. The lowest BCUT2D eigenvalue weighted by molar-refractivity contribution is 0.414. The third-order valence-electron chi connectivity index (χ3n) is 3.17. The van der Waals surface area contributed by atoms with Crippen LogP contribution in [0.4, 0.5) is 5.82 Å². The van der Waals surface area contributed by atoms with Crippen LogP contribution in [0, 0.1) is 0 Å². The van der Waals surface area contributed by atoms with E-state index in [0.717, 1.165) is 27.9 Å². The molecule has 3 rings (SSSR count). The average molecular weight is 312 g/mol. The first kappa shape index (κ1) is 14.5. The van der Waals surface area contributed by atoms with Crippen molar-refractivity contribution in [2.45, 2.75) is 10.9 Å². The molecule has 0 fully saturated rings. The van der Waals surface area contributed by atoms with E-state index in [1.54, 1.807) is 31.3 Å². The van der Waals surface area contributed by atoms with E-state index in [-0.39, 0.29) is 0 Å². The Hall–Kier alpha value is -2.47. The molecular weight excluding hydrogens is 296 g/mol. The molecule has 6 heteroatoms. The maximum atomic E-state index is 5.70. The standard InChI is InChI=1S/C16H16N4OS/c1-21-14-4-2-13(3-5-14)20-9-8-19-16(20)22-11-12-6-7-18-15(17)10-12/h2-10H,11H2,1H3,(H2,17,18). The van der Waals surface area contributed by atoms with Crippen molar-refractivity contribution in [3.63, 3.8) is 0 Å². The zero-order valence-corrected chi connectivity index (χ0v) is 13.0. The van der Waals surface area contributed by atoms with Gasteiger partial charge >= 0.3 is 0 Å². The van der Waals surface area contributed by atoms with Gasteiger partial charge in [-0.05, 0) is 42.0 Å². The van der Waals surface area contributed by atoms with E-state index in [1.807, 2.05) is 42.6 Å². The number of aromatic nitrogens is 3. The van der Waals surface area contributed by atoms with E-state index in [0.29, 0.717) is 5.82 Å². The van der Waals surface area contributed by atoms with Crippen molar-refractivity contribution in [1.29, 1.82) is 0 Å². The summed E-state index contributed by atoms with van der Waals surface area (Å²) in [4.78, 5) is 8.42. The van der Waals surface area contributed by atoms with Crippen LogP contribution < -0.4 is 10.5 Å². The fourth-order valence-electron chi connectivity index (χ4n) is 2.07. The van der Waals surface area contributed by atoms with Gasteiger partial charge in [0.05, 0.1) is 7.11 Å². The van der Waals surface area contributed by atoms with E-state index >= 15 is 0 Å². The van der Waals surface area contributed by atoms with Gasteiger partial charge in [-0.25, -0.2) is 9.97 Å². The molecule has 0 saturated heterocycles. The SMILES string of the molecule is COc1ccc(-n2ccnc2SCc2ccnc(N)c2)cc1. The Balaban J connectivity index is 1.76. The molecule has 0 atom stereocenters. The van der Waals surface area contributed by atoms with Crippen molar-refractivity contribution in [3.8, 4) is 11.4 Å². The number of thioether (sulfide) groups is 1. The summed E-state index contributed by atoms with van der Waals surface area (Å²) >= 11 is 1.66. The zero-order valence-electron chi connectivity index (χ0n) is 12.1. The second-order valence-electron chi connectivity index (χ2n) is 4.66. The van der Waals surface area contributed by atoms with Crippen LogP contribution in [0.3, 0.4) is 0 Å². The van der Waals surface area contributed by atoms with Crippen LogP contribution in [0.25, 0.3) is 5.69 Å². The van der Waals surface area contributed by atoms with Gasteiger partial charge in [0.1, 0.15) is 11.6 Å². The highest BCUT2D eigenvalue weighted by atomic mass is 32.2. The number of rotatable bonds is 5. The smallest absolute Gasteiger partial charge is 0.172 e. The van der Waals surface area contributed by atoms with Crippen LogP contribution in [0.2, 0.25) is 0 Å². The maximum absolute atomic E-state index is 5.70. The first-order valence-corrected chi connectivity index (χ1v) is 7.76. The monoisotopic (exact) mass is 312 g/mol. The van der Waals surface area contributed by atoms with Gasteiger partial charge in [0.15, 0.2) is 5.16 Å². The van der Waals surface area contributed by atoms with E-state index < -0.39 is 0 Å². The summed E-state index contributed by atoms with van der Waals surface area (Å²) in [5.41, 5.74) is 7.88. The number of nitrogens with zero attached hydrogens (tertiary/aromatic N) is 3. The van der Waals surface area contributed by atoms with Gasteiger partial charge in [-0.3, -0.25) is 4.57 Å². The predicted octanol–water partition coefficient (Wildman–Crippen LogP) is 3.15. The lowest BCUT2D eigenvalue weighted by Gasteiger charge is -2.08. The summed E-state index contributed by atoms with van der Waals surface area (Å²) in [7, 11) is 1.66. The summed E-state index contributed by atoms with van der Waals surface area (Å²) in [6.07, 6.45) is 5.47. The Morgan fingerprint density at radius 2 is 1.95 bits per heavy atom. The van der Waals surface area contributed by atoms with Crippen LogP contribution in [0.1, 0.15) is 5.56 Å². The Morgan fingerprint density at radius 1 is 1.14 bits per heavy atom. The molecule has 2 N–H and O–H groups in total. The molecular formula is C16H16N4OS. The molecule has 1 aromatic carbocycles. The van der Waals surface area contributed by atoms with E-state index in [2.05, 4.69) is 14.5 Å². The number of anilines is 1. The Morgan fingerprint density at radius 3 is 2.68 bits per heavy atom. The van der Waals surface area contributed by atoms with E-state index in [4.69, 9.17) is 10.5 Å². The number of benzene rings is 1. The van der Waals surface area contributed by atoms with Gasteiger partial charge in [-0.1, -0.05) is 11.8 Å². The second kappa shape index (κ2) is 6.53. The molecule has 0 radical (unpaired) electrons. The number of imidazole rings is 1. The number of hydrogen-bond donors (Lipinski definition) is 1. The zero-order chi connectivity index (χ0) is 15.4. The third-order valence-corrected chi connectivity index (χ3v) is 4.21. The number of nitrogen functional groups attached to an aromatic ring is 1. The molecule has 3 aromatic rings. The number of methoxy groups -OCH3 is 1. The minimum Gasteiger partial charge on any atom is -0.497 e.